The van der Waals surface area contributed by atoms with Crippen molar-refractivity contribution in [2.75, 3.05) is 19.7 Å². The third-order valence-electron chi connectivity index (χ3n) is 3.48. The van der Waals surface area contributed by atoms with Gasteiger partial charge in [-0.15, -0.1) is 6.58 Å². The first-order chi connectivity index (χ1) is 10.2. The number of benzene rings is 1. The average Bonchev–Trinajstić information content (AvgIpc) is 2.48. The van der Waals surface area contributed by atoms with Gasteiger partial charge in [0.25, 0.3) is 0 Å². The highest BCUT2D eigenvalue weighted by molar-refractivity contribution is 5.66. The maximum Gasteiger partial charge on any atom is 0.303 e. The van der Waals surface area contributed by atoms with Crippen molar-refractivity contribution in [2.24, 2.45) is 0 Å². The number of aliphatic hydroxyl groups excluding tert-OH is 1. The molecule has 0 aromatic heterocycles. The third-order valence-corrected chi connectivity index (χ3v) is 3.48. The van der Waals surface area contributed by atoms with Gasteiger partial charge in [-0.2, -0.15) is 0 Å². The van der Waals surface area contributed by atoms with Gasteiger partial charge in [-0.05, 0) is 24.9 Å². The second-order valence-electron chi connectivity index (χ2n) is 5.06. The second kappa shape index (κ2) is 10.1. The van der Waals surface area contributed by atoms with E-state index in [1.165, 1.54) is 0 Å². The fourth-order valence-electron chi connectivity index (χ4n) is 2.43. The van der Waals surface area contributed by atoms with E-state index in [0.29, 0.717) is 13.0 Å². The van der Waals surface area contributed by atoms with Crippen LogP contribution in [0.15, 0.2) is 43.0 Å². The molecule has 21 heavy (non-hydrogen) atoms. The molecule has 0 bridgehead atoms. The van der Waals surface area contributed by atoms with E-state index in [-0.39, 0.29) is 19.1 Å². The van der Waals surface area contributed by atoms with Gasteiger partial charge in [0.05, 0.1) is 12.6 Å². The van der Waals surface area contributed by atoms with E-state index in [0.717, 1.165) is 24.9 Å². The summed E-state index contributed by atoms with van der Waals surface area (Å²) in [6.45, 7) is 5.42. The smallest absolute Gasteiger partial charge is 0.303 e. The van der Waals surface area contributed by atoms with Crippen molar-refractivity contribution in [1.82, 2.24) is 4.90 Å². The number of carboxylic acids is 1. The molecule has 0 amide bonds. The van der Waals surface area contributed by atoms with E-state index in [9.17, 15) is 9.90 Å². The summed E-state index contributed by atoms with van der Waals surface area (Å²) in [4.78, 5) is 12.7. The average molecular weight is 291 g/mol. The molecular weight excluding hydrogens is 266 g/mol. The molecule has 0 fully saturated rings. The van der Waals surface area contributed by atoms with Gasteiger partial charge in [0.15, 0.2) is 0 Å². The molecular formula is C17H25NO3. The van der Waals surface area contributed by atoms with Crippen LogP contribution in [0.25, 0.3) is 0 Å². The molecule has 1 aromatic carbocycles. The van der Waals surface area contributed by atoms with E-state index in [1.54, 1.807) is 0 Å². The van der Waals surface area contributed by atoms with Crippen LogP contribution in [0.1, 0.15) is 37.3 Å². The van der Waals surface area contributed by atoms with Gasteiger partial charge in [-0.25, -0.2) is 0 Å². The lowest BCUT2D eigenvalue weighted by Gasteiger charge is -2.29. The summed E-state index contributed by atoms with van der Waals surface area (Å²) in [6.07, 6.45) is 4.62. The van der Waals surface area contributed by atoms with Crippen LogP contribution in [-0.2, 0) is 4.79 Å². The number of carbonyl (C=O) groups is 1. The molecule has 4 nitrogen and oxygen atoms in total. The molecule has 1 rings (SSSR count). The molecule has 0 saturated carbocycles. The highest BCUT2D eigenvalue weighted by Gasteiger charge is 2.16. The minimum Gasteiger partial charge on any atom is -0.481 e. The van der Waals surface area contributed by atoms with Gasteiger partial charge in [0.1, 0.15) is 0 Å². The van der Waals surface area contributed by atoms with Crippen molar-refractivity contribution < 1.29 is 15.0 Å². The number of rotatable bonds is 11. The number of aliphatic hydroxyl groups is 1. The van der Waals surface area contributed by atoms with Crippen LogP contribution in [0.5, 0.6) is 0 Å². The Morgan fingerprint density at radius 1 is 1.19 bits per heavy atom. The maximum atomic E-state index is 10.5. The largest absolute Gasteiger partial charge is 0.481 e. The SMILES string of the molecule is C=CC(c1ccccc1)N(CCO)CCCCCC(=O)O. The summed E-state index contributed by atoms with van der Waals surface area (Å²) in [5.74, 6) is -0.740. The molecule has 116 valence electrons. The second-order valence-corrected chi connectivity index (χ2v) is 5.06. The Hall–Kier alpha value is -1.65. The first-order valence-electron chi connectivity index (χ1n) is 7.43. The quantitative estimate of drug-likeness (QED) is 0.486. The highest BCUT2D eigenvalue weighted by atomic mass is 16.4. The topological polar surface area (TPSA) is 60.8 Å². The summed E-state index contributed by atoms with van der Waals surface area (Å²) in [5.41, 5.74) is 1.16. The Balaban J connectivity index is 2.54. The van der Waals surface area contributed by atoms with Crippen LogP contribution in [-0.4, -0.2) is 40.8 Å². The first-order valence-corrected chi connectivity index (χ1v) is 7.43. The fourth-order valence-corrected chi connectivity index (χ4v) is 2.43. The van der Waals surface area contributed by atoms with Crippen molar-refractivity contribution >= 4 is 5.97 Å². The van der Waals surface area contributed by atoms with Gasteiger partial charge in [0.2, 0.25) is 0 Å². The number of unbranched alkanes of at least 4 members (excludes halogenated alkanes) is 2. The fraction of sp³-hybridized carbons (Fsp3) is 0.471. The molecule has 4 heteroatoms. The van der Waals surface area contributed by atoms with Crippen molar-refractivity contribution in [2.45, 2.75) is 31.7 Å². The summed E-state index contributed by atoms with van der Waals surface area (Å²) in [6, 6.07) is 10.2. The number of carboxylic acid groups (broad SMARTS) is 1. The van der Waals surface area contributed by atoms with E-state index >= 15 is 0 Å². The minimum absolute atomic E-state index is 0.0813. The lowest BCUT2D eigenvalue weighted by Crippen LogP contribution is -2.31. The minimum atomic E-state index is -0.740. The zero-order valence-corrected chi connectivity index (χ0v) is 12.4. The van der Waals surface area contributed by atoms with Crippen LogP contribution >= 0.6 is 0 Å². The molecule has 2 N–H and O–H groups in total. The molecule has 1 atom stereocenters. The van der Waals surface area contributed by atoms with Crippen LogP contribution in [0.3, 0.4) is 0 Å². The monoisotopic (exact) mass is 291 g/mol. The lowest BCUT2D eigenvalue weighted by molar-refractivity contribution is -0.137. The molecule has 0 saturated heterocycles. The van der Waals surface area contributed by atoms with Gasteiger partial charge in [0, 0.05) is 13.0 Å². The van der Waals surface area contributed by atoms with E-state index in [4.69, 9.17) is 5.11 Å². The van der Waals surface area contributed by atoms with Gasteiger partial charge >= 0.3 is 5.97 Å². The van der Waals surface area contributed by atoms with Crippen molar-refractivity contribution in [3.63, 3.8) is 0 Å². The van der Waals surface area contributed by atoms with E-state index in [2.05, 4.69) is 23.6 Å². The Kier molecular flexibility index (Phi) is 8.40. The lowest BCUT2D eigenvalue weighted by atomic mass is 10.0. The normalized spacial score (nSPS) is 12.3. The Morgan fingerprint density at radius 3 is 2.48 bits per heavy atom. The summed E-state index contributed by atoms with van der Waals surface area (Å²) < 4.78 is 0. The van der Waals surface area contributed by atoms with Crippen LogP contribution in [0.4, 0.5) is 0 Å². The Labute approximate surface area is 126 Å². The zero-order valence-electron chi connectivity index (χ0n) is 12.4. The van der Waals surface area contributed by atoms with Crippen LogP contribution in [0.2, 0.25) is 0 Å². The number of hydrogen-bond donors (Lipinski definition) is 2. The molecule has 0 spiro atoms. The molecule has 0 aliphatic carbocycles. The highest BCUT2D eigenvalue weighted by Crippen LogP contribution is 2.22. The summed E-state index contributed by atoms with van der Waals surface area (Å²) >= 11 is 0. The maximum absolute atomic E-state index is 10.5. The van der Waals surface area contributed by atoms with E-state index < -0.39 is 5.97 Å². The number of aliphatic carboxylic acids is 1. The molecule has 0 aliphatic rings. The predicted octanol–water partition coefficient (Wildman–Crippen LogP) is 2.85. The van der Waals surface area contributed by atoms with Gasteiger partial charge < -0.3 is 10.2 Å². The standard InChI is InChI=1S/C17H25NO3/c1-2-16(15-9-5-3-6-10-15)18(13-14-19)12-8-4-7-11-17(20)21/h2-3,5-6,9-10,16,19H,1,4,7-8,11-14H2,(H,20,21). The summed E-state index contributed by atoms with van der Waals surface area (Å²) in [5, 5.41) is 17.9. The number of hydrogen-bond acceptors (Lipinski definition) is 3. The zero-order chi connectivity index (χ0) is 15.5. The molecule has 1 aromatic rings. The molecule has 0 aliphatic heterocycles. The van der Waals surface area contributed by atoms with Gasteiger partial charge in [-0.1, -0.05) is 42.8 Å². The molecule has 0 heterocycles. The van der Waals surface area contributed by atoms with Crippen molar-refractivity contribution in [3.8, 4) is 0 Å². The third kappa shape index (κ3) is 6.56. The summed E-state index contributed by atoms with van der Waals surface area (Å²) in [7, 11) is 0. The van der Waals surface area contributed by atoms with Gasteiger partial charge in [-0.3, -0.25) is 9.69 Å². The Morgan fingerprint density at radius 2 is 1.90 bits per heavy atom. The predicted molar refractivity (Wildman–Crippen MR) is 84.1 cm³/mol. The first kappa shape index (κ1) is 17.4. The van der Waals surface area contributed by atoms with Crippen LogP contribution in [0, 0.1) is 0 Å². The number of nitrogens with zero attached hydrogens (tertiary/aromatic N) is 1. The van der Waals surface area contributed by atoms with Crippen molar-refractivity contribution in [3.05, 3.63) is 48.6 Å². The Bertz CT molecular complexity index is 419. The molecule has 1 unspecified atom stereocenters. The van der Waals surface area contributed by atoms with Crippen molar-refractivity contribution in [1.29, 1.82) is 0 Å². The van der Waals surface area contributed by atoms with Crippen LogP contribution < -0.4 is 0 Å². The van der Waals surface area contributed by atoms with E-state index in [1.807, 2.05) is 24.3 Å². The molecule has 0 radical (unpaired) electrons.